The van der Waals surface area contributed by atoms with Crippen LogP contribution in [0.5, 0.6) is 17.2 Å². The van der Waals surface area contributed by atoms with Gasteiger partial charge in [0.25, 0.3) is 0 Å². The van der Waals surface area contributed by atoms with E-state index in [-0.39, 0.29) is 0 Å². The van der Waals surface area contributed by atoms with Crippen molar-refractivity contribution in [1.82, 2.24) is 9.97 Å². The number of rotatable bonds is 12. The fourth-order valence-electron chi connectivity index (χ4n) is 5.19. The SMILES string of the molecule is CCc1cc(C)cc(OCCOc2c(Cl)cc(/C=N\Nc3cc(N4CCCC4)nc(N4CCCC4)n3)cc2OC)c1. The molecule has 3 heterocycles. The second-order valence-corrected chi connectivity index (χ2v) is 10.8. The van der Waals surface area contributed by atoms with E-state index in [0.29, 0.717) is 35.6 Å². The number of hydrogen-bond donors (Lipinski definition) is 1. The highest BCUT2D eigenvalue weighted by molar-refractivity contribution is 6.32. The Hall–Kier alpha value is -3.72. The Balaban J connectivity index is 1.23. The zero-order valence-corrected chi connectivity index (χ0v) is 24.9. The van der Waals surface area contributed by atoms with Gasteiger partial charge in [-0.15, -0.1) is 0 Å². The lowest BCUT2D eigenvalue weighted by atomic mass is 10.1. The molecule has 0 atom stereocenters. The minimum Gasteiger partial charge on any atom is -0.493 e. The normalized spacial score (nSPS) is 15.1. The summed E-state index contributed by atoms with van der Waals surface area (Å²) in [5.74, 6) is 4.21. The van der Waals surface area contributed by atoms with Gasteiger partial charge in [0.15, 0.2) is 17.3 Å². The van der Waals surface area contributed by atoms with Gasteiger partial charge in [-0.1, -0.05) is 24.6 Å². The monoisotopic (exact) mass is 578 g/mol. The molecule has 0 saturated carbocycles. The average molecular weight is 579 g/mol. The van der Waals surface area contributed by atoms with Crippen LogP contribution in [0.3, 0.4) is 0 Å². The number of aromatic nitrogens is 2. The minimum atomic E-state index is 0.326. The van der Waals surface area contributed by atoms with Crippen molar-refractivity contribution in [2.24, 2.45) is 5.10 Å². The second kappa shape index (κ2) is 13.8. The molecule has 5 rings (SSSR count). The van der Waals surface area contributed by atoms with Gasteiger partial charge >= 0.3 is 0 Å². The molecule has 41 heavy (non-hydrogen) atoms. The van der Waals surface area contributed by atoms with Crippen LogP contribution in [-0.4, -0.2) is 62.7 Å². The van der Waals surface area contributed by atoms with Crippen molar-refractivity contribution in [2.45, 2.75) is 46.0 Å². The van der Waals surface area contributed by atoms with E-state index in [1.54, 1.807) is 19.4 Å². The first-order chi connectivity index (χ1) is 20.0. The van der Waals surface area contributed by atoms with E-state index in [1.165, 1.54) is 36.8 Å². The average Bonchev–Trinajstić information content (AvgIpc) is 3.71. The predicted molar refractivity (Wildman–Crippen MR) is 166 cm³/mol. The maximum absolute atomic E-state index is 6.59. The van der Waals surface area contributed by atoms with Crippen LogP contribution in [0.2, 0.25) is 5.02 Å². The number of methoxy groups -OCH3 is 1. The van der Waals surface area contributed by atoms with Gasteiger partial charge in [0.05, 0.1) is 18.3 Å². The fourth-order valence-corrected chi connectivity index (χ4v) is 5.46. The van der Waals surface area contributed by atoms with Crippen molar-refractivity contribution in [1.29, 1.82) is 0 Å². The number of nitrogens with zero attached hydrogens (tertiary/aromatic N) is 5. The molecule has 0 amide bonds. The standard InChI is InChI=1S/C31H39ClN6O3/c1-4-23-15-22(2)16-25(17-23)40-13-14-41-30-26(32)18-24(19-27(30)39-3)21-33-36-28-20-29(37-9-5-6-10-37)35-31(34-28)38-11-7-8-12-38/h15-21H,4-14H2,1-3H3,(H,34,35,36)/b33-21-. The van der Waals surface area contributed by atoms with Crippen LogP contribution >= 0.6 is 11.6 Å². The van der Waals surface area contributed by atoms with Crippen molar-refractivity contribution in [2.75, 3.05) is 61.7 Å². The molecule has 0 aliphatic carbocycles. The number of benzene rings is 2. The number of halogens is 1. The number of aryl methyl sites for hydroxylation is 2. The highest BCUT2D eigenvalue weighted by atomic mass is 35.5. The van der Waals surface area contributed by atoms with E-state index >= 15 is 0 Å². The largest absolute Gasteiger partial charge is 0.493 e. The molecule has 0 bridgehead atoms. The molecular formula is C31H39ClN6O3. The molecule has 2 aromatic carbocycles. The highest BCUT2D eigenvalue weighted by Crippen LogP contribution is 2.36. The van der Waals surface area contributed by atoms with Crippen molar-refractivity contribution in [3.63, 3.8) is 0 Å². The summed E-state index contributed by atoms with van der Waals surface area (Å²) in [5, 5.41) is 4.88. The summed E-state index contributed by atoms with van der Waals surface area (Å²) < 4.78 is 17.4. The Kier molecular flexibility index (Phi) is 9.67. The van der Waals surface area contributed by atoms with Crippen molar-refractivity contribution in [3.8, 4) is 17.2 Å². The van der Waals surface area contributed by atoms with Gasteiger partial charge in [-0.3, -0.25) is 5.43 Å². The van der Waals surface area contributed by atoms with Gasteiger partial charge in [0.2, 0.25) is 5.95 Å². The first-order valence-electron chi connectivity index (χ1n) is 14.4. The Morgan fingerprint density at radius 3 is 2.39 bits per heavy atom. The van der Waals surface area contributed by atoms with E-state index in [4.69, 9.17) is 35.8 Å². The lowest BCUT2D eigenvalue weighted by molar-refractivity contribution is 0.211. The van der Waals surface area contributed by atoms with Crippen LogP contribution in [-0.2, 0) is 6.42 Å². The van der Waals surface area contributed by atoms with Gasteiger partial charge in [-0.05, 0) is 80.0 Å². The van der Waals surface area contributed by atoms with E-state index < -0.39 is 0 Å². The summed E-state index contributed by atoms with van der Waals surface area (Å²) >= 11 is 6.59. The molecule has 1 N–H and O–H groups in total. The Labute approximate surface area is 247 Å². The molecule has 2 fully saturated rings. The van der Waals surface area contributed by atoms with E-state index in [2.05, 4.69) is 46.3 Å². The summed E-state index contributed by atoms with van der Waals surface area (Å²) in [4.78, 5) is 14.2. The quantitative estimate of drug-likeness (QED) is 0.156. The molecule has 1 aromatic heterocycles. The molecule has 2 aliphatic rings. The Bertz CT molecular complexity index is 1320. The second-order valence-electron chi connectivity index (χ2n) is 10.4. The van der Waals surface area contributed by atoms with E-state index in [9.17, 15) is 0 Å². The summed E-state index contributed by atoms with van der Waals surface area (Å²) in [7, 11) is 1.59. The van der Waals surface area contributed by atoms with E-state index in [0.717, 1.165) is 55.7 Å². The van der Waals surface area contributed by atoms with Gasteiger partial charge in [0, 0.05) is 32.2 Å². The van der Waals surface area contributed by atoms with Gasteiger partial charge < -0.3 is 24.0 Å². The lowest BCUT2D eigenvalue weighted by Gasteiger charge is -2.21. The lowest BCUT2D eigenvalue weighted by Crippen LogP contribution is -2.24. The molecule has 10 heteroatoms. The van der Waals surface area contributed by atoms with Crippen LogP contribution in [0.1, 0.15) is 49.3 Å². The maximum atomic E-state index is 6.59. The molecule has 0 unspecified atom stereocenters. The van der Waals surface area contributed by atoms with Crippen molar-refractivity contribution < 1.29 is 14.2 Å². The zero-order valence-electron chi connectivity index (χ0n) is 24.2. The van der Waals surface area contributed by atoms with Gasteiger partial charge in [-0.2, -0.15) is 15.1 Å². The molecule has 3 aromatic rings. The number of nitrogens with one attached hydrogen (secondary N) is 1. The molecule has 0 radical (unpaired) electrons. The predicted octanol–water partition coefficient (Wildman–Crippen LogP) is 6.11. The topological polar surface area (TPSA) is 84.3 Å². The summed E-state index contributed by atoms with van der Waals surface area (Å²) in [6.45, 7) is 8.91. The molecule has 9 nitrogen and oxygen atoms in total. The zero-order chi connectivity index (χ0) is 28.6. The van der Waals surface area contributed by atoms with Crippen molar-refractivity contribution in [3.05, 3.63) is 58.1 Å². The third kappa shape index (κ3) is 7.52. The first kappa shape index (κ1) is 28.8. The number of anilines is 3. The van der Waals surface area contributed by atoms with E-state index in [1.807, 2.05) is 18.2 Å². The third-order valence-electron chi connectivity index (χ3n) is 7.28. The smallest absolute Gasteiger partial charge is 0.229 e. The summed E-state index contributed by atoms with van der Waals surface area (Å²) in [6, 6.07) is 11.9. The Morgan fingerprint density at radius 2 is 1.66 bits per heavy atom. The molecule has 0 spiro atoms. The van der Waals surface area contributed by atoms with Gasteiger partial charge in [0.1, 0.15) is 24.8 Å². The molecule has 218 valence electrons. The third-order valence-corrected chi connectivity index (χ3v) is 7.56. The van der Waals surface area contributed by atoms with Crippen LogP contribution in [0.15, 0.2) is 41.5 Å². The van der Waals surface area contributed by atoms with Gasteiger partial charge in [-0.25, -0.2) is 0 Å². The van der Waals surface area contributed by atoms with Crippen LogP contribution < -0.4 is 29.4 Å². The molecular weight excluding hydrogens is 540 g/mol. The minimum absolute atomic E-state index is 0.326. The van der Waals surface area contributed by atoms with Crippen molar-refractivity contribution >= 4 is 35.4 Å². The maximum Gasteiger partial charge on any atom is 0.229 e. The fraction of sp³-hybridized carbons (Fsp3) is 0.452. The molecule has 2 saturated heterocycles. The number of hydrazone groups is 1. The number of ether oxygens (including phenoxy) is 3. The highest BCUT2D eigenvalue weighted by Gasteiger charge is 2.20. The van der Waals surface area contributed by atoms with Crippen LogP contribution in [0.4, 0.5) is 17.6 Å². The summed E-state index contributed by atoms with van der Waals surface area (Å²) in [6.07, 6.45) is 7.36. The Morgan fingerprint density at radius 1 is 0.927 bits per heavy atom. The molecule has 2 aliphatic heterocycles. The summed E-state index contributed by atoms with van der Waals surface area (Å²) in [5.41, 5.74) is 6.29. The van der Waals surface area contributed by atoms with Crippen LogP contribution in [0.25, 0.3) is 0 Å². The van der Waals surface area contributed by atoms with Crippen LogP contribution in [0, 0.1) is 6.92 Å². The first-order valence-corrected chi connectivity index (χ1v) is 14.8. The number of hydrogen-bond acceptors (Lipinski definition) is 9.